The Hall–Kier alpha value is -12.4. The van der Waals surface area contributed by atoms with Gasteiger partial charge in [0.2, 0.25) is 0 Å². The number of nitriles is 1. The van der Waals surface area contributed by atoms with Crippen LogP contribution in [0.5, 0.6) is 0 Å². The molecule has 0 aliphatic carbocycles. The summed E-state index contributed by atoms with van der Waals surface area (Å²) in [6, 6.07) is 113. The largest absolute Gasteiger partial charge is 0.309 e. The minimum absolute atomic E-state index is 0.571. The number of aromatic nitrogens is 6. The van der Waals surface area contributed by atoms with Crippen LogP contribution in [0.25, 0.3) is 166 Å². The highest BCUT2D eigenvalue weighted by Gasteiger charge is 2.22. The van der Waals surface area contributed by atoms with Gasteiger partial charge < -0.3 is 18.3 Å². The molecular weight excluding hydrogens is 1090 g/mol. The SMILES string of the molecule is N#Cc1ccc(-c2nc(-c3ccccc3)cc(-c3cc(-n4c5ccccc5c5cc(-c6ccc7c8ccccc8n(-c8ccccc8)c7c6)ccc54)cc(-n4c5ccccc5c5cc(-c6ccc7c8ccccc8n(-c8ccccc8)c7c6)ccc54)c3)n2)cc1. The van der Waals surface area contributed by atoms with Crippen LogP contribution in [0, 0.1) is 11.3 Å². The van der Waals surface area contributed by atoms with E-state index in [2.05, 4.69) is 291 Å². The van der Waals surface area contributed by atoms with Gasteiger partial charge in [0.25, 0.3) is 0 Å². The Bertz CT molecular complexity index is 5670. The first-order chi connectivity index (χ1) is 44.6. The van der Waals surface area contributed by atoms with Crippen LogP contribution in [0.4, 0.5) is 0 Å². The smallest absolute Gasteiger partial charge is 0.160 e. The maximum atomic E-state index is 9.81. The van der Waals surface area contributed by atoms with Gasteiger partial charge in [0, 0.05) is 82.5 Å². The fourth-order valence-electron chi connectivity index (χ4n) is 14.0. The third-order valence-electron chi connectivity index (χ3n) is 18.2. The molecule has 0 unspecified atom stereocenters. The summed E-state index contributed by atoms with van der Waals surface area (Å²) in [5.41, 5.74) is 22.7. The normalized spacial score (nSPS) is 11.8. The molecule has 0 radical (unpaired) electrons. The van der Waals surface area contributed by atoms with E-state index in [1.807, 2.05) is 42.5 Å². The predicted octanol–water partition coefficient (Wildman–Crippen LogP) is 21.1. The van der Waals surface area contributed by atoms with Crippen LogP contribution < -0.4 is 0 Å². The summed E-state index contributed by atoms with van der Waals surface area (Å²) < 4.78 is 9.63. The Labute approximate surface area is 517 Å². The predicted molar refractivity (Wildman–Crippen MR) is 371 cm³/mol. The maximum absolute atomic E-state index is 9.81. The number of hydrogen-bond donors (Lipinski definition) is 0. The van der Waals surface area contributed by atoms with Crippen LogP contribution in [0.15, 0.2) is 309 Å². The van der Waals surface area contributed by atoms with Crippen LogP contribution in [-0.4, -0.2) is 28.2 Å². The van der Waals surface area contributed by atoms with E-state index >= 15 is 0 Å². The second kappa shape index (κ2) is 20.4. The number of fused-ring (bicyclic) bond motifs is 12. The third-order valence-corrected chi connectivity index (χ3v) is 18.2. The van der Waals surface area contributed by atoms with Gasteiger partial charge in [-0.25, -0.2) is 9.97 Å². The zero-order valence-corrected chi connectivity index (χ0v) is 48.6. The van der Waals surface area contributed by atoms with Crippen molar-refractivity contribution in [2.24, 2.45) is 0 Å². The molecule has 18 rings (SSSR count). The molecular formula is C83H51N7. The zero-order valence-electron chi connectivity index (χ0n) is 48.6. The number of para-hydroxylation sites is 6. The Kier molecular flexibility index (Phi) is 11.5. The summed E-state index contributed by atoms with van der Waals surface area (Å²) in [5, 5.41) is 19.3. The molecule has 0 amide bonds. The fourth-order valence-corrected chi connectivity index (χ4v) is 14.0. The lowest BCUT2D eigenvalue weighted by molar-refractivity contribution is 1.13. The van der Waals surface area contributed by atoms with Gasteiger partial charge in [-0.05, 0) is 156 Å². The number of rotatable bonds is 9. The van der Waals surface area contributed by atoms with Crippen molar-refractivity contribution in [2.75, 3.05) is 0 Å². The van der Waals surface area contributed by atoms with Crippen LogP contribution >= 0.6 is 0 Å². The molecule has 0 aliphatic rings. The lowest BCUT2D eigenvalue weighted by Crippen LogP contribution is -2.02. The number of benzene rings is 13. The van der Waals surface area contributed by atoms with E-state index in [1.54, 1.807) is 0 Å². The maximum Gasteiger partial charge on any atom is 0.160 e. The second-order valence-corrected chi connectivity index (χ2v) is 23.3. The molecule has 0 aliphatic heterocycles. The molecule has 0 saturated carbocycles. The molecule has 0 bridgehead atoms. The van der Waals surface area contributed by atoms with Gasteiger partial charge in [0.05, 0.1) is 67.2 Å². The van der Waals surface area contributed by atoms with Gasteiger partial charge >= 0.3 is 0 Å². The van der Waals surface area contributed by atoms with Gasteiger partial charge in [-0.1, -0.05) is 176 Å². The van der Waals surface area contributed by atoms with E-state index in [0.717, 1.165) is 117 Å². The van der Waals surface area contributed by atoms with E-state index in [-0.39, 0.29) is 0 Å². The topological polar surface area (TPSA) is 69.3 Å². The van der Waals surface area contributed by atoms with Crippen molar-refractivity contribution in [2.45, 2.75) is 0 Å². The molecule has 13 aromatic carbocycles. The van der Waals surface area contributed by atoms with Crippen molar-refractivity contribution >= 4 is 87.2 Å². The average Bonchev–Trinajstić information content (AvgIpc) is 1.67. The third kappa shape index (κ3) is 8.13. The van der Waals surface area contributed by atoms with Crippen LogP contribution in [0.3, 0.4) is 0 Å². The van der Waals surface area contributed by atoms with Crippen molar-refractivity contribution in [3.05, 3.63) is 315 Å². The van der Waals surface area contributed by atoms with Gasteiger partial charge in [-0.2, -0.15) is 5.26 Å². The van der Waals surface area contributed by atoms with E-state index in [0.29, 0.717) is 11.4 Å². The average molecular weight is 1150 g/mol. The van der Waals surface area contributed by atoms with Gasteiger partial charge in [0.1, 0.15) is 0 Å². The van der Waals surface area contributed by atoms with Crippen LogP contribution in [0.2, 0.25) is 0 Å². The minimum Gasteiger partial charge on any atom is -0.309 e. The zero-order chi connectivity index (χ0) is 59.4. The first kappa shape index (κ1) is 50.9. The van der Waals surface area contributed by atoms with E-state index in [1.165, 1.54) is 43.6 Å². The van der Waals surface area contributed by atoms with Crippen LogP contribution in [-0.2, 0) is 0 Å². The Balaban J connectivity index is 0.852. The molecule has 18 aromatic rings. The molecule has 0 spiro atoms. The summed E-state index contributed by atoms with van der Waals surface area (Å²) in [4.78, 5) is 10.7. The fraction of sp³-hybridized carbons (Fsp3) is 0. The molecule has 90 heavy (non-hydrogen) atoms. The molecule has 0 N–H and O–H groups in total. The molecule has 0 atom stereocenters. The summed E-state index contributed by atoms with van der Waals surface area (Å²) in [6.45, 7) is 0. The Morgan fingerprint density at radius 1 is 0.222 bits per heavy atom. The van der Waals surface area contributed by atoms with Crippen molar-refractivity contribution < 1.29 is 0 Å². The van der Waals surface area contributed by atoms with Gasteiger partial charge in [-0.3, -0.25) is 0 Å². The number of nitrogens with zero attached hydrogens (tertiary/aromatic N) is 7. The molecule has 418 valence electrons. The van der Waals surface area contributed by atoms with Crippen LogP contribution in [0.1, 0.15) is 5.56 Å². The number of hydrogen-bond acceptors (Lipinski definition) is 3. The quantitative estimate of drug-likeness (QED) is 0.145. The molecule has 5 aromatic heterocycles. The van der Waals surface area contributed by atoms with E-state index < -0.39 is 0 Å². The summed E-state index contributed by atoms with van der Waals surface area (Å²) >= 11 is 0. The van der Waals surface area contributed by atoms with E-state index in [4.69, 9.17) is 9.97 Å². The highest BCUT2D eigenvalue weighted by molar-refractivity contribution is 6.15. The molecule has 0 saturated heterocycles. The molecule has 7 heteroatoms. The van der Waals surface area contributed by atoms with Gasteiger partial charge in [0.15, 0.2) is 5.82 Å². The first-order valence-electron chi connectivity index (χ1n) is 30.4. The van der Waals surface area contributed by atoms with Gasteiger partial charge in [-0.15, -0.1) is 0 Å². The second-order valence-electron chi connectivity index (χ2n) is 23.3. The van der Waals surface area contributed by atoms with Crippen molar-refractivity contribution in [1.82, 2.24) is 28.2 Å². The molecule has 0 fully saturated rings. The summed E-state index contributed by atoms with van der Waals surface area (Å²) in [7, 11) is 0. The lowest BCUT2D eigenvalue weighted by Gasteiger charge is -2.17. The highest BCUT2D eigenvalue weighted by atomic mass is 15.0. The molecule has 5 heterocycles. The minimum atomic E-state index is 0.571. The highest BCUT2D eigenvalue weighted by Crippen LogP contribution is 2.43. The Morgan fingerprint density at radius 3 is 1.02 bits per heavy atom. The summed E-state index contributed by atoms with van der Waals surface area (Å²) in [5.74, 6) is 0.571. The monoisotopic (exact) mass is 1150 g/mol. The molecule has 7 nitrogen and oxygen atoms in total. The first-order valence-corrected chi connectivity index (χ1v) is 30.4. The van der Waals surface area contributed by atoms with Crippen molar-refractivity contribution in [3.63, 3.8) is 0 Å². The van der Waals surface area contributed by atoms with Crippen molar-refractivity contribution in [1.29, 1.82) is 5.26 Å². The summed E-state index contributed by atoms with van der Waals surface area (Å²) in [6.07, 6.45) is 0. The Morgan fingerprint density at radius 2 is 0.567 bits per heavy atom. The lowest BCUT2D eigenvalue weighted by atomic mass is 10.0. The standard InChI is InChI=1S/C83H51N7/c84-52-53-32-34-55(35-33-53)83-85-73(54-18-4-1-5-19-54)51-74(86-83)60-44-63(89-77-30-16-12-26-67(77)71-46-56(38-42-79(71)89)58-36-40-69-65-24-10-14-28-75(65)87(81(69)48-58)61-20-6-2-7-21-61)50-64(45-60)90-78-31-17-13-27-68(78)72-47-57(39-43-80(72)90)59-37-41-70-66-25-11-15-29-76(66)88(82(70)49-59)62-22-8-3-9-23-62/h1-51H. The van der Waals surface area contributed by atoms with E-state index in [9.17, 15) is 5.26 Å². The van der Waals surface area contributed by atoms with Crippen molar-refractivity contribution in [3.8, 4) is 85.0 Å².